The Bertz CT molecular complexity index is 565. The molecule has 0 bridgehead atoms. The summed E-state index contributed by atoms with van der Waals surface area (Å²) in [4.78, 5) is 0. The van der Waals surface area contributed by atoms with Gasteiger partial charge in [0.15, 0.2) is 5.82 Å². The maximum Gasteiger partial charge on any atom is 0.182 e. The molecule has 0 amide bonds. The molecule has 1 aromatic heterocycles. The van der Waals surface area contributed by atoms with E-state index in [4.69, 9.17) is 17.3 Å². The highest BCUT2D eigenvalue weighted by Crippen LogP contribution is 2.43. The molecule has 2 atom stereocenters. The second-order valence-corrected chi connectivity index (χ2v) is 4.87. The van der Waals surface area contributed by atoms with E-state index >= 15 is 0 Å². The molecule has 1 heterocycles. The lowest BCUT2D eigenvalue weighted by molar-refractivity contribution is 0.584. The van der Waals surface area contributed by atoms with Gasteiger partial charge in [-0.15, -0.1) is 5.10 Å². The van der Waals surface area contributed by atoms with Gasteiger partial charge in [-0.2, -0.15) is 0 Å². The van der Waals surface area contributed by atoms with Crippen LogP contribution >= 0.6 is 11.6 Å². The molecule has 6 heteroatoms. The zero-order valence-electron chi connectivity index (χ0n) is 9.34. The summed E-state index contributed by atoms with van der Waals surface area (Å²) in [7, 11) is 0. The van der Waals surface area contributed by atoms with E-state index in [1.165, 1.54) is 0 Å². The van der Waals surface area contributed by atoms with Crippen LogP contribution in [0.15, 0.2) is 18.2 Å². The molecular formula is C11H12ClN5. The van der Waals surface area contributed by atoms with E-state index in [0.717, 1.165) is 17.8 Å². The first-order valence-corrected chi connectivity index (χ1v) is 5.88. The Kier molecular flexibility index (Phi) is 2.29. The number of hydrogen-bond donors (Lipinski definition) is 1. The second-order valence-electron chi connectivity index (χ2n) is 4.46. The van der Waals surface area contributed by atoms with Crippen LogP contribution in [-0.2, 0) is 0 Å². The highest BCUT2D eigenvalue weighted by atomic mass is 35.5. The molecule has 1 aliphatic carbocycles. The minimum atomic E-state index is 0.413. The number of rotatable bonds is 2. The fourth-order valence-electron chi connectivity index (χ4n) is 1.92. The fourth-order valence-corrected chi connectivity index (χ4v) is 2.10. The first-order chi connectivity index (χ1) is 8.16. The van der Waals surface area contributed by atoms with E-state index in [1.807, 2.05) is 10.7 Å². The third kappa shape index (κ3) is 1.76. The molecule has 1 saturated carbocycles. The summed E-state index contributed by atoms with van der Waals surface area (Å²) in [6, 6.07) is 5.87. The number of hydrogen-bond acceptors (Lipinski definition) is 4. The molecule has 2 unspecified atom stereocenters. The Balaban J connectivity index is 2.03. The van der Waals surface area contributed by atoms with Crippen LogP contribution in [0, 0.1) is 5.92 Å². The molecule has 3 rings (SSSR count). The van der Waals surface area contributed by atoms with Crippen LogP contribution in [0.4, 0.5) is 5.69 Å². The van der Waals surface area contributed by atoms with E-state index < -0.39 is 0 Å². The zero-order valence-corrected chi connectivity index (χ0v) is 10.1. The van der Waals surface area contributed by atoms with Crippen molar-refractivity contribution in [3.05, 3.63) is 23.2 Å². The first-order valence-electron chi connectivity index (χ1n) is 5.50. The van der Waals surface area contributed by atoms with Gasteiger partial charge in [-0.25, -0.2) is 4.68 Å². The molecule has 17 heavy (non-hydrogen) atoms. The average molecular weight is 250 g/mol. The van der Waals surface area contributed by atoms with Crippen LogP contribution in [0.1, 0.15) is 19.4 Å². The van der Waals surface area contributed by atoms with Crippen molar-refractivity contribution in [2.24, 2.45) is 5.92 Å². The Morgan fingerprint density at radius 1 is 1.47 bits per heavy atom. The molecular weight excluding hydrogens is 238 g/mol. The number of anilines is 1. The van der Waals surface area contributed by atoms with Crippen molar-refractivity contribution >= 4 is 17.3 Å². The first kappa shape index (κ1) is 10.5. The monoisotopic (exact) mass is 249 g/mol. The van der Waals surface area contributed by atoms with Crippen molar-refractivity contribution < 1.29 is 0 Å². The minimum Gasteiger partial charge on any atom is -0.398 e. The standard InChI is InChI=1S/C11H12ClN5/c1-6-4-10(6)17-11(14-15-16-17)7-2-3-9(13)8(12)5-7/h2-3,5-6,10H,4,13H2,1H3. The molecule has 88 valence electrons. The number of nitrogens with two attached hydrogens (primary N) is 1. The largest absolute Gasteiger partial charge is 0.398 e. The van der Waals surface area contributed by atoms with Crippen LogP contribution < -0.4 is 5.73 Å². The molecule has 2 N–H and O–H groups in total. The predicted octanol–water partition coefficient (Wildman–Crippen LogP) is 2.16. The Morgan fingerprint density at radius 3 is 2.88 bits per heavy atom. The normalized spacial score (nSPS) is 22.7. The zero-order chi connectivity index (χ0) is 12.0. The van der Waals surface area contributed by atoms with E-state index in [0.29, 0.717) is 22.7 Å². The highest BCUT2D eigenvalue weighted by Gasteiger charge is 2.37. The second kappa shape index (κ2) is 3.70. The van der Waals surface area contributed by atoms with Crippen molar-refractivity contribution in [2.75, 3.05) is 5.73 Å². The van der Waals surface area contributed by atoms with Gasteiger partial charge in [-0.05, 0) is 41.0 Å². The van der Waals surface area contributed by atoms with Gasteiger partial charge in [0.1, 0.15) is 0 Å². The lowest BCUT2D eigenvalue weighted by Gasteiger charge is -2.04. The fraction of sp³-hybridized carbons (Fsp3) is 0.364. The number of tetrazole rings is 1. The topological polar surface area (TPSA) is 69.6 Å². The maximum absolute atomic E-state index is 6.00. The Labute approximate surface area is 104 Å². The SMILES string of the molecule is CC1CC1n1nnnc1-c1ccc(N)c(Cl)c1. The van der Waals surface area contributed by atoms with Crippen LogP contribution in [0.25, 0.3) is 11.4 Å². The van der Waals surface area contributed by atoms with Crippen LogP contribution in [0.2, 0.25) is 5.02 Å². The predicted molar refractivity (Wildman–Crippen MR) is 65.5 cm³/mol. The lowest BCUT2D eigenvalue weighted by atomic mass is 10.2. The highest BCUT2D eigenvalue weighted by molar-refractivity contribution is 6.33. The smallest absolute Gasteiger partial charge is 0.182 e. The van der Waals surface area contributed by atoms with Gasteiger partial charge < -0.3 is 5.73 Å². The summed E-state index contributed by atoms with van der Waals surface area (Å²) in [5.41, 5.74) is 7.14. The molecule has 0 spiro atoms. The van der Waals surface area contributed by atoms with Crippen LogP contribution in [0.5, 0.6) is 0 Å². The van der Waals surface area contributed by atoms with Gasteiger partial charge in [0, 0.05) is 5.56 Å². The van der Waals surface area contributed by atoms with Crippen molar-refractivity contribution in [3.8, 4) is 11.4 Å². The number of nitrogens with zero attached hydrogens (tertiary/aromatic N) is 4. The summed E-state index contributed by atoms with van der Waals surface area (Å²) in [5.74, 6) is 1.39. The minimum absolute atomic E-state index is 0.413. The van der Waals surface area contributed by atoms with Gasteiger partial charge >= 0.3 is 0 Å². The van der Waals surface area contributed by atoms with Gasteiger partial charge in [0.2, 0.25) is 0 Å². The van der Waals surface area contributed by atoms with Gasteiger partial charge in [0.05, 0.1) is 16.8 Å². The molecule has 0 aliphatic heterocycles. The number of nitrogen functional groups attached to an aromatic ring is 1. The number of aromatic nitrogens is 4. The molecule has 2 aromatic rings. The van der Waals surface area contributed by atoms with Crippen molar-refractivity contribution in [1.82, 2.24) is 20.2 Å². The van der Waals surface area contributed by atoms with Crippen molar-refractivity contribution in [3.63, 3.8) is 0 Å². The summed E-state index contributed by atoms with van der Waals surface area (Å²) >= 11 is 6.00. The molecule has 1 fully saturated rings. The van der Waals surface area contributed by atoms with Gasteiger partial charge in [-0.1, -0.05) is 18.5 Å². The summed E-state index contributed by atoms with van der Waals surface area (Å²) in [6.07, 6.45) is 1.13. The quantitative estimate of drug-likeness (QED) is 0.828. The summed E-state index contributed by atoms with van der Waals surface area (Å²) < 4.78 is 1.87. The van der Waals surface area contributed by atoms with Crippen LogP contribution in [-0.4, -0.2) is 20.2 Å². The number of halogens is 1. The lowest BCUT2D eigenvalue weighted by Crippen LogP contribution is -2.01. The Hall–Kier alpha value is -1.62. The van der Waals surface area contributed by atoms with E-state index in [1.54, 1.807) is 12.1 Å². The number of benzene rings is 1. The molecule has 0 radical (unpaired) electrons. The van der Waals surface area contributed by atoms with Crippen LogP contribution in [0.3, 0.4) is 0 Å². The summed E-state index contributed by atoms with van der Waals surface area (Å²) in [5, 5.41) is 12.4. The molecule has 5 nitrogen and oxygen atoms in total. The third-order valence-corrected chi connectivity index (χ3v) is 3.46. The van der Waals surface area contributed by atoms with E-state index in [-0.39, 0.29) is 0 Å². The van der Waals surface area contributed by atoms with E-state index in [2.05, 4.69) is 22.4 Å². The van der Waals surface area contributed by atoms with Crippen molar-refractivity contribution in [2.45, 2.75) is 19.4 Å². The van der Waals surface area contributed by atoms with Gasteiger partial charge in [0.25, 0.3) is 0 Å². The third-order valence-electron chi connectivity index (χ3n) is 3.13. The summed E-state index contributed by atoms with van der Waals surface area (Å²) in [6.45, 7) is 2.19. The van der Waals surface area contributed by atoms with Gasteiger partial charge in [-0.3, -0.25) is 0 Å². The molecule has 1 aliphatic rings. The van der Waals surface area contributed by atoms with E-state index in [9.17, 15) is 0 Å². The van der Waals surface area contributed by atoms with Crippen molar-refractivity contribution in [1.29, 1.82) is 0 Å². The molecule has 1 aromatic carbocycles. The Morgan fingerprint density at radius 2 is 2.24 bits per heavy atom. The average Bonchev–Trinajstić information content (AvgIpc) is 2.85. The molecule has 0 saturated heterocycles. The maximum atomic E-state index is 6.00.